The number of nitrogens with one attached hydrogen (secondary N) is 1. The largest absolute Gasteiger partial charge is 0.476 e. The molecule has 116 valence electrons. The molecule has 0 bridgehead atoms. The van der Waals surface area contributed by atoms with Gasteiger partial charge in [0.2, 0.25) is 0 Å². The number of carboxylic acid groups (broad SMARTS) is 1. The molecule has 1 fully saturated rings. The van der Waals surface area contributed by atoms with Gasteiger partial charge in [-0.25, -0.2) is 14.3 Å². The number of carbonyl (C=O) groups is 2. The van der Waals surface area contributed by atoms with Gasteiger partial charge in [0.1, 0.15) is 0 Å². The van der Waals surface area contributed by atoms with Crippen molar-refractivity contribution in [3.05, 3.63) is 11.9 Å². The SMILES string of the molecule is CN(C(=O)NCCn1cc(C(=O)O)nn1)C1CCCCC1. The third kappa shape index (κ3) is 4.17. The average molecular weight is 295 g/mol. The van der Waals surface area contributed by atoms with Gasteiger partial charge in [-0.2, -0.15) is 0 Å². The smallest absolute Gasteiger partial charge is 0.358 e. The van der Waals surface area contributed by atoms with Gasteiger partial charge in [0.15, 0.2) is 5.69 Å². The van der Waals surface area contributed by atoms with Crippen LogP contribution in [-0.4, -0.2) is 56.6 Å². The number of hydrogen-bond acceptors (Lipinski definition) is 4. The number of rotatable bonds is 5. The van der Waals surface area contributed by atoms with Crippen LogP contribution in [0.1, 0.15) is 42.6 Å². The molecule has 1 aromatic rings. The topological polar surface area (TPSA) is 100 Å². The molecule has 8 heteroatoms. The van der Waals surface area contributed by atoms with E-state index in [1.165, 1.54) is 30.1 Å². The first-order valence-electron chi connectivity index (χ1n) is 7.22. The van der Waals surface area contributed by atoms with Crippen LogP contribution in [0, 0.1) is 0 Å². The maximum Gasteiger partial charge on any atom is 0.358 e. The Balaban J connectivity index is 1.74. The van der Waals surface area contributed by atoms with E-state index in [1.807, 2.05) is 7.05 Å². The summed E-state index contributed by atoms with van der Waals surface area (Å²) in [6, 6.07) is 0.226. The normalized spacial score (nSPS) is 15.7. The van der Waals surface area contributed by atoms with Crippen molar-refractivity contribution in [1.29, 1.82) is 0 Å². The number of hydrogen-bond donors (Lipinski definition) is 2. The Kier molecular flexibility index (Phi) is 5.13. The first-order valence-corrected chi connectivity index (χ1v) is 7.22. The van der Waals surface area contributed by atoms with E-state index in [0.29, 0.717) is 19.1 Å². The van der Waals surface area contributed by atoms with Crippen LogP contribution >= 0.6 is 0 Å². The fourth-order valence-electron chi connectivity index (χ4n) is 2.54. The number of urea groups is 1. The Labute approximate surface area is 123 Å². The molecular formula is C13H21N5O3. The number of aromatic carboxylic acids is 1. The third-order valence-electron chi connectivity index (χ3n) is 3.82. The minimum absolute atomic E-state index is 0.0966. The van der Waals surface area contributed by atoms with Crippen LogP contribution in [0.2, 0.25) is 0 Å². The van der Waals surface area contributed by atoms with Crippen molar-refractivity contribution in [2.75, 3.05) is 13.6 Å². The Hall–Kier alpha value is -2.12. The van der Waals surface area contributed by atoms with Gasteiger partial charge in [-0.3, -0.25) is 0 Å². The van der Waals surface area contributed by atoms with Crippen LogP contribution in [0.4, 0.5) is 4.79 Å². The molecule has 0 saturated heterocycles. The van der Waals surface area contributed by atoms with Crippen molar-refractivity contribution in [3.63, 3.8) is 0 Å². The number of aromatic nitrogens is 3. The van der Waals surface area contributed by atoms with Crippen LogP contribution in [0.5, 0.6) is 0 Å². The van der Waals surface area contributed by atoms with Crippen LogP contribution in [0.3, 0.4) is 0 Å². The second-order valence-electron chi connectivity index (χ2n) is 5.31. The maximum absolute atomic E-state index is 12.0. The van der Waals surface area contributed by atoms with Gasteiger partial charge in [-0.15, -0.1) is 5.10 Å². The van der Waals surface area contributed by atoms with Gasteiger partial charge in [-0.05, 0) is 12.8 Å². The summed E-state index contributed by atoms with van der Waals surface area (Å²) >= 11 is 0. The van der Waals surface area contributed by atoms with Crippen molar-refractivity contribution >= 4 is 12.0 Å². The van der Waals surface area contributed by atoms with Crippen molar-refractivity contribution < 1.29 is 14.7 Å². The van der Waals surface area contributed by atoms with Gasteiger partial charge >= 0.3 is 12.0 Å². The zero-order valence-electron chi connectivity index (χ0n) is 12.2. The second-order valence-corrected chi connectivity index (χ2v) is 5.31. The van der Waals surface area contributed by atoms with Crippen molar-refractivity contribution in [1.82, 2.24) is 25.2 Å². The highest BCUT2D eigenvalue weighted by atomic mass is 16.4. The predicted octanol–water partition coefficient (Wildman–Crippen LogP) is 0.950. The third-order valence-corrected chi connectivity index (χ3v) is 3.82. The van der Waals surface area contributed by atoms with E-state index >= 15 is 0 Å². The molecule has 0 atom stereocenters. The molecule has 1 saturated carbocycles. The fourth-order valence-corrected chi connectivity index (χ4v) is 2.54. The molecule has 2 rings (SSSR count). The van der Waals surface area contributed by atoms with E-state index in [9.17, 15) is 9.59 Å². The molecule has 8 nitrogen and oxygen atoms in total. The maximum atomic E-state index is 12.0. The van der Waals surface area contributed by atoms with Crippen LogP contribution in [0.15, 0.2) is 6.20 Å². The molecule has 0 unspecified atom stereocenters. The minimum atomic E-state index is -1.11. The summed E-state index contributed by atoms with van der Waals surface area (Å²) in [4.78, 5) is 24.5. The molecule has 2 N–H and O–H groups in total. The molecule has 0 aliphatic heterocycles. The average Bonchev–Trinajstić information content (AvgIpc) is 2.96. The quantitative estimate of drug-likeness (QED) is 0.842. The van der Waals surface area contributed by atoms with Crippen LogP contribution < -0.4 is 5.32 Å². The van der Waals surface area contributed by atoms with E-state index in [2.05, 4.69) is 15.6 Å². The van der Waals surface area contributed by atoms with Gasteiger partial charge in [-0.1, -0.05) is 24.5 Å². The van der Waals surface area contributed by atoms with Gasteiger partial charge in [0.25, 0.3) is 0 Å². The lowest BCUT2D eigenvalue weighted by atomic mass is 9.95. The molecule has 2 amide bonds. The standard InChI is InChI=1S/C13H21N5O3/c1-17(10-5-3-2-4-6-10)13(21)14-7-8-18-9-11(12(19)20)15-16-18/h9-10H,2-8H2,1H3,(H,14,21)(H,19,20). The van der Waals surface area contributed by atoms with E-state index in [0.717, 1.165) is 12.8 Å². The second kappa shape index (κ2) is 7.05. The summed E-state index contributed by atoms with van der Waals surface area (Å²) in [5.41, 5.74) is -0.0966. The van der Waals surface area contributed by atoms with E-state index in [4.69, 9.17) is 5.11 Å². The molecule has 1 aliphatic rings. The highest BCUT2D eigenvalue weighted by Gasteiger charge is 2.21. The van der Waals surface area contributed by atoms with Gasteiger partial charge in [0, 0.05) is 19.6 Å². The summed E-state index contributed by atoms with van der Waals surface area (Å²) in [6.07, 6.45) is 7.09. The molecule has 1 heterocycles. The number of nitrogens with zero attached hydrogens (tertiary/aromatic N) is 4. The van der Waals surface area contributed by atoms with Crippen molar-refractivity contribution in [3.8, 4) is 0 Å². The van der Waals surface area contributed by atoms with Gasteiger partial charge in [0.05, 0.1) is 12.7 Å². The lowest BCUT2D eigenvalue weighted by Crippen LogP contribution is -2.45. The highest BCUT2D eigenvalue weighted by molar-refractivity contribution is 5.84. The zero-order valence-corrected chi connectivity index (χ0v) is 12.2. The van der Waals surface area contributed by atoms with E-state index in [-0.39, 0.29) is 11.7 Å². The Morgan fingerprint density at radius 1 is 1.43 bits per heavy atom. The van der Waals surface area contributed by atoms with Crippen LogP contribution in [0.25, 0.3) is 0 Å². The molecule has 21 heavy (non-hydrogen) atoms. The predicted molar refractivity (Wildman–Crippen MR) is 75.0 cm³/mol. The summed E-state index contributed by atoms with van der Waals surface area (Å²) in [7, 11) is 1.82. The van der Waals surface area contributed by atoms with Crippen LogP contribution in [-0.2, 0) is 6.54 Å². The Morgan fingerprint density at radius 3 is 2.76 bits per heavy atom. The van der Waals surface area contributed by atoms with Crippen molar-refractivity contribution in [2.45, 2.75) is 44.7 Å². The number of amides is 2. The summed E-state index contributed by atoms with van der Waals surface area (Å²) in [5, 5.41) is 18.8. The Morgan fingerprint density at radius 2 is 2.14 bits per heavy atom. The minimum Gasteiger partial charge on any atom is -0.476 e. The lowest BCUT2D eigenvalue weighted by Gasteiger charge is -2.31. The van der Waals surface area contributed by atoms with E-state index < -0.39 is 5.97 Å². The molecule has 0 aromatic carbocycles. The summed E-state index contributed by atoms with van der Waals surface area (Å²) < 4.78 is 1.41. The molecule has 1 aliphatic carbocycles. The first kappa shape index (κ1) is 15.3. The molecular weight excluding hydrogens is 274 g/mol. The first-order chi connectivity index (χ1) is 10.1. The number of carbonyl (C=O) groups excluding carboxylic acids is 1. The number of carboxylic acids is 1. The van der Waals surface area contributed by atoms with E-state index in [1.54, 1.807) is 4.90 Å². The lowest BCUT2D eigenvalue weighted by molar-refractivity contribution is 0.0690. The molecule has 0 spiro atoms. The molecule has 0 radical (unpaired) electrons. The Bertz CT molecular complexity index is 496. The summed E-state index contributed by atoms with van der Waals surface area (Å²) in [6.45, 7) is 0.781. The van der Waals surface area contributed by atoms with Gasteiger partial charge < -0.3 is 15.3 Å². The molecule has 1 aromatic heterocycles. The monoisotopic (exact) mass is 295 g/mol. The highest BCUT2D eigenvalue weighted by Crippen LogP contribution is 2.21. The summed E-state index contributed by atoms with van der Waals surface area (Å²) in [5.74, 6) is -1.11. The fraction of sp³-hybridized carbons (Fsp3) is 0.692. The zero-order chi connectivity index (χ0) is 15.2. The van der Waals surface area contributed by atoms with Crippen molar-refractivity contribution in [2.24, 2.45) is 0 Å².